The second kappa shape index (κ2) is 4.83. The molecule has 0 spiro atoms. The van der Waals surface area contributed by atoms with E-state index in [0.717, 1.165) is 11.3 Å². The summed E-state index contributed by atoms with van der Waals surface area (Å²) in [5, 5.41) is 0. The molecule has 0 aliphatic carbocycles. The van der Waals surface area contributed by atoms with E-state index >= 15 is 0 Å². The summed E-state index contributed by atoms with van der Waals surface area (Å²) in [4.78, 5) is 11.8. The van der Waals surface area contributed by atoms with Crippen LogP contribution in [0.1, 0.15) is 27.4 Å². The number of hydrogen-bond donors (Lipinski definition) is 0. The van der Waals surface area contributed by atoms with Gasteiger partial charge in [0.2, 0.25) is 0 Å². The van der Waals surface area contributed by atoms with Gasteiger partial charge in [-0.25, -0.2) is 0 Å². The minimum absolute atomic E-state index is 0.0113. The van der Waals surface area contributed by atoms with Crippen LogP contribution in [0.4, 0.5) is 0 Å². The number of carbonyl (C=O) groups is 1. The molecule has 0 atom stereocenters. The molecule has 1 heterocycles. The normalized spacial score (nSPS) is 10.9. The van der Waals surface area contributed by atoms with Gasteiger partial charge in [-0.1, -0.05) is 23.8 Å². The first-order valence-corrected chi connectivity index (χ1v) is 5.51. The molecule has 0 radical (unpaired) electrons. The van der Waals surface area contributed by atoms with Gasteiger partial charge >= 0.3 is 0 Å². The monoisotopic (exact) mass is 226 g/mol. The van der Waals surface area contributed by atoms with E-state index in [1.54, 1.807) is 6.08 Å². The number of hydrogen-bond acceptors (Lipinski definition) is 2. The fourth-order valence-electron chi connectivity index (χ4n) is 1.60. The Labute approximate surface area is 101 Å². The summed E-state index contributed by atoms with van der Waals surface area (Å²) in [5.41, 5.74) is 1.78. The molecule has 0 N–H and O–H groups in total. The summed E-state index contributed by atoms with van der Waals surface area (Å²) in [6.07, 6.45) is 3.23. The average molecular weight is 226 g/mol. The van der Waals surface area contributed by atoms with Crippen molar-refractivity contribution in [2.75, 3.05) is 0 Å². The maximum absolute atomic E-state index is 11.8. The molecule has 0 bridgehead atoms. The maximum Gasteiger partial charge on any atom is 0.185 e. The van der Waals surface area contributed by atoms with Crippen molar-refractivity contribution in [2.45, 2.75) is 13.8 Å². The van der Waals surface area contributed by atoms with E-state index in [1.807, 2.05) is 50.2 Å². The average Bonchev–Trinajstić information content (AvgIpc) is 2.72. The van der Waals surface area contributed by atoms with Gasteiger partial charge in [0.1, 0.15) is 11.5 Å². The van der Waals surface area contributed by atoms with Gasteiger partial charge in [-0.15, -0.1) is 0 Å². The third-order valence-electron chi connectivity index (χ3n) is 2.46. The van der Waals surface area contributed by atoms with Crippen LogP contribution in [-0.4, -0.2) is 5.78 Å². The fourth-order valence-corrected chi connectivity index (χ4v) is 1.60. The van der Waals surface area contributed by atoms with Gasteiger partial charge in [0.05, 0.1) is 0 Å². The molecular formula is C15H14O2. The van der Waals surface area contributed by atoms with E-state index in [2.05, 4.69) is 0 Å². The number of benzene rings is 1. The summed E-state index contributed by atoms with van der Waals surface area (Å²) >= 11 is 0. The van der Waals surface area contributed by atoms with Gasteiger partial charge in [0, 0.05) is 5.56 Å². The van der Waals surface area contributed by atoms with Gasteiger partial charge in [0.15, 0.2) is 5.78 Å². The predicted octanol–water partition coefficient (Wildman–Crippen LogP) is 3.79. The number of allylic oxidation sites excluding steroid dienone is 1. The molecule has 17 heavy (non-hydrogen) atoms. The number of aryl methyl sites for hydroxylation is 2. The van der Waals surface area contributed by atoms with Crippen molar-refractivity contribution in [2.24, 2.45) is 0 Å². The Morgan fingerprint density at radius 2 is 2.00 bits per heavy atom. The van der Waals surface area contributed by atoms with Crippen LogP contribution in [0.2, 0.25) is 0 Å². The van der Waals surface area contributed by atoms with Crippen molar-refractivity contribution in [1.82, 2.24) is 0 Å². The Bertz CT molecular complexity index is 562. The third kappa shape index (κ3) is 2.94. The van der Waals surface area contributed by atoms with Crippen molar-refractivity contribution in [3.05, 3.63) is 65.1 Å². The van der Waals surface area contributed by atoms with E-state index < -0.39 is 0 Å². The standard InChI is InChI=1S/C15H14O2/c1-11-4-3-5-13(10-11)15(16)9-8-14-7-6-12(2)17-14/h3-10H,1-2H3. The third-order valence-corrected chi connectivity index (χ3v) is 2.46. The Morgan fingerprint density at radius 1 is 1.18 bits per heavy atom. The topological polar surface area (TPSA) is 30.2 Å². The molecule has 0 amide bonds. The van der Waals surface area contributed by atoms with Gasteiger partial charge in [0.25, 0.3) is 0 Å². The largest absolute Gasteiger partial charge is 0.462 e. The van der Waals surface area contributed by atoms with Gasteiger partial charge in [-0.2, -0.15) is 0 Å². The Kier molecular flexibility index (Phi) is 3.24. The zero-order valence-corrected chi connectivity index (χ0v) is 9.94. The zero-order valence-electron chi connectivity index (χ0n) is 9.94. The molecule has 0 aliphatic rings. The number of ketones is 1. The fraction of sp³-hybridized carbons (Fsp3) is 0.133. The minimum atomic E-state index is -0.0113. The summed E-state index contributed by atoms with van der Waals surface area (Å²) in [6, 6.07) is 11.3. The SMILES string of the molecule is Cc1cccc(C(=O)C=Cc2ccc(C)o2)c1. The maximum atomic E-state index is 11.8. The highest BCUT2D eigenvalue weighted by Gasteiger charge is 2.01. The van der Waals surface area contributed by atoms with Crippen molar-refractivity contribution in [3.8, 4) is 0 Å². The van der Waals surface area contributed by atoms with Crippen molar-refractivity contribution in [3.63, 3.8) is 0 Å². The molecule has 0 saturated heterocycles. The van der Waals surface area contributed by atoms with Crippen LogP contribution in [0, 0.1) is 13.8 Å². The highest BCUT2D eigenvalue weighted by atomic mass is 16.3. The summed E-state index contributed by atoms with van der Waals surface area (Å²) < 4.78 is 5.35. The van der Waals surface area contributed by atoms with Gasteiger partial charge in [-0.05, 0) is 44.2 Å². The van der Waals surface area contributed by atoms with Crippen molar-refractivity contribution >= 4 is 11.9 Å². The molecule has 2 aromatic rings. The van der Waals surface area contributed by atoms with Crippen LogP contribution >= 0.6 is 0 Å². The van der Waals surface area contributed by atoms with E-state index in [9.17, 15) is 4.79 Å². The lowest BCUT2D eigenvalue weighted by molar-refractivity contribution is 0.104. The van der Waals surface area contributed by atoms with Crippen LogP contribution in [0.5, 0.6) is 0 Å². The van der Waals surface area contributed by atoms with Crippen LogP contribution in [-0.2, 0) is 0 Å². The second-order valence-electron chi connectivity index (χ2n) is 4.02. The van der Waals surface area contributed by atoms with Crippen LogP contribution in [0.25, 0.3) is 6.08 Å². The van der Waals surface area contributed by atoms with E-state index in [4.69, 9.17) is 4.42 Å². The van der Waals surface area contributed by atoms with E-state index in [-0.39, 0.29) is 5.78 Å². The van der Waals surface area contributed by atoms with Crippen LogP contribution < -0.4 is 0 Å². The first-order chi connectivity index (χ1) is 8.15. The summed E-state index contributed by atoms with van der Waals surface area (Å²) in [7, 11) is 0. The first-order valence-electron chi connectivity index (χ1n) is 5.51. The molecular weight excluding hydrogens is 212 g/mol. The smallest absolute Gasteiger partial charge is 0.185 e. The van der Waals surface area contributed by atoms with Gasteiger partial charge < -0.3 is 4.42 Å². The minimum Gasteiger partial charge on any atom is -0.462 e. The summed E-state index contributed by atoms with van der Waals surface area (Å²) in [5.74, 6) is 1.53. The van der Waals surface area contributed by atoms with Crippen LogP contribution in [0.15, 0.2) is 46.9 Å². The second-order valence-corrected chi connectivity index (χ2v) is 4.02. The highest BCUT2D eigenvalue weighted by Crippen LogP contribution is 2.10. The molecule has 2 heteroatoms. The molecule has 0 saturated carbocycles. The lowest BCUT2D eigenvalue weighted by Crippen LogP contribution is -1.93. The van der Waals surface area contributed by atoms with Crippen molar-refractivity contribution < 1.29 is 9.21 Å². The van der Waals surface area contributed by atoms with Gasteiger partial charge in [-0.3, -0.25) is 4.79 Å². The Hall–Kier alpha value is -2.09. The number of furan rings is 1. The highest BCUT2D eigenvalue weighted by molar-refractivity contribution is 6.06. The first kappa shape index (κ1) is 11.4. The van der Waals surface area contributed by atoms with Crippen LogP contribution in [0.3, 0.4) is 0 Å². The Balaban J connectivity index is 2.14. The quantitative estimate of drug-likeness (QED) is 0.588. The lowest BCUT2D eigenvalue weighted by Gasteiger charge is -1.96. The summed E-state index contributed by atoms with van der Waals surface area (Å²) in [6.45, 7) is 3.84. The molecule has 0 aliphatic heterocycles. The van der Waals surface area contributed by atoms with E-state index in [1.165, 1.54) is 6.08 Å². The molecule has 2 rings (SSSR count). The van der Waals surface area contributed by atoms with Crippen molar-refractivity contribution in [1.29, 1.82) is 0 Å². The molecule has 86 valence electrons. The van der Waals surface area contributed by atoms with E-state index in [0.29, 0.717) is 11.3 Å². The zero-order chi connectivity index (χ0) is 12.3. The molecule has 2 nitrogen and oxygen atoms in total. The predicted molar refractivity (Wildman–Crippen MR) is 68.0 cm³/mol. The molecule has 0 fully saturated rings. The molecule has 1 aromatic heterocycles. The molecule has 1 aromatic carbocycles. The number of rotatable bonds is 3. The molecule has 0 unspecified atom stereocenters. The lowest BCUT2D eigenvalue weighted by atomic mass is 10.1. The number of carbonyl (C=O) groups excluding carboxylic acids is 1. The Morgan fingerprint density at radius 3 is 2.65 bits per heavy atom.